The van der Waals surface area contributed by atoms with E-state index in [9.17, 15) is 9.36 Å². The fraction of sp³-hybridized carbons (Fsp3) is 0.250. The van der Waals surface area contributed by atoms with Crippen molar-refractivity contribution in [2.75, 3.05) is 31.0 Å². The molecule has 3 rings (SSSR count). The van der Waals surface area contributed by atoms with Crippen LogP contribution in [0.2, 0.25) is 0 Å². The quantitative estimate of drug-likeness (QED) is 0.518. The van der Waals surface area contributed by atoms with Crippen LogP contribution in [-0.4, -0.2) is 25.8 Å². The molecule has 0 fully saturated rings. The average Bonchev–Trinajstić information content (AvgIpc) is 3.18. The zero-order chi connectivity index (χ0) is 19.4. The van der Waals surface area contributed by atoms with Crippen LogP contribution in [0.25, 0.3) is 10.4 Å². The summed E-state index contributed by atoms with van der Waals surface area (Å²) >= 11 is 1.64. The second kappa shape index (κ2) is 8.26. The molecule has 0 saturated carbocycles. The SMILES string of the molecule is CO[P@](C)(=O)CC1=CC=C(C(=O)Nc2cc(-c3cccs3)ccc2N)CC1. The van der Waals surface area contributed by atoms with Gasteiger partial charge in [0.1, 0.15) is 0 Å². The van der Waals surface area contributed by atoms with Gasteiger partial charge in [0.2, 0.25) is 7.37 Å². The first kappa shape index (κ1) is 19.6. The maximum absolute atomic E-state index is 12.6. The monoisotopic (exact) mass is 402 g/mol. The molecule has 1 aromatic heterocycles. The minimum absolute atomic E-state index is 0.160. The molecule has 27 heavy (non-hydrogen) atoms. The summed E-state index contributed by atoms with van der Waals surface area (Å²) < 4.78 is 17.1. The molecule has 1 aliphatic carbocycles. The topological polar surface area (TPSA) is 81.4 Å². The summed E-state index contributed by atoms with van der Waals surface area (Å²) in [6.45, 7) is 1.63. The third-order valence-electron chi connectivity index (χ3n) is 4.51. The summed E-state index contributed by atoms with van der Waals surface area (Å²) in [7, 11) is -1.12. The number of thiophene rings is 1. The van der Waals surface area contributed by atoms with Crippen LogP contribution in [0.5, 0.6) is 0 Å². The van der Waals surface area contributed by atoms with E-state index in [0.29, 0.717) is 36.0 Å². The van der Waals surface area contributed by atoms with E-state index in [0.717, 1.165) is 16.0 Å². The van der Waals surface area contributed by atoms with Crippen molar-refractivity contribution in [3.63, 3.8) is 0 Å². The van der Waals surface area contributed by atoms with Gasteiger partial charge in [0.05, 0.1) is 11.4 Å². The summed E-state index contributed by atoms with van der Waals surface area (Å²) in [6, 6.07) is 9.68. The Kier molecular flexibility index (Phi) is 6.00. The Bertz CT molecular complexity index is 948. The van der Waals surface area contributed by atoms with Crippen molar-refractivity contribution in [3.8, 4) is 10.4 Å². The van der Waals surface area contributed by atoms with Gasteiger partial charge in [-0.25, -0.2) is 0 Å². The van der Waals surface area contributed by atoms with Gasteiger partial charge in [-0.1, -0.05) is 29.9 Å². The van der Waals surface area contributed by atoms with Crippen LogP contribution < -0.4 is 11.1 Å². The maximum atomic E-state index is 12.6. The fourth-order valence-corrected chi connectivity index (χ4v) is 4.75. The molecule has 1 atom stereocenters. The minimum atomic E-state index is -2.59. The van der Waals surface area contributed by atoms with E-state index < -0.39 is 7.37 Å². The van der Waals surface area contributed by atoms with Gasteiger partial charge in [0.15, 0.2) is 0 Å². The molecule has 1 heterocycles. The van der Waals surface area contributed by atoms with Crippen molar-refractivity contribution in [2.45, 2.75) is 12.8 Å². The number of nitrogen functional groups attached to an aromatic ring is 1. The van der Waals surface area contributed by atoms with Crippen LogP contribution in [0.1, 0.15) is 12.8 Å². The molecule has 1 aliphatic rings. The number of hydrogen-bond acceptors (Lipinski definition) is 5. The number of hydrogen-bond donors (Lipinski definition) is 2. The van der Waals surface area contributed by atoms with Gasteiger partial charge in [-0.15, -0.1) is 11.3 Å². The zero-order valence-electron chi connectivity index (χ0n) is 15.4. The number of nitrogens with two attached hydrogens (primary N) is 1. The first-order valence-electron chi connectivity index (χ1n) is 8.63. The van der Waals surface area contributed by atoms with Crippen LogP contribution in [-0.2, 0) is 13.9 Å². The van der Waals surface area contributed by atoms with E-state index in [1.54, 1.807) is 24.1 Å². The van der Waals surface area contributed by atoms with Crippen LogP contribution in [0, 0.1) is 0 Å². The fourth-order valence-electron chi connectivity index (χ4n) is 2.90. The lowest BCUT2D eigenvalue weighted by atomic mass is 9.98. The molecule has 5 nitrogen and oxygen atoms in total. The van der Waals surface area contributed by atoms with Crippen LogP contribution in [0.4, 0.5) is 11.4 Å². The summed E-state index contributed by atoms with van der Waals surface area (Å²) in [5.74, 6) is -0.160. The zero-order valence-corrected chi connectivity index (χ0v) is 17.1. The third-order valence-corrected chi connectivity index (χ3v) is 7.18. The van der Waals surface area contributed by atoms with Crippen molar-refractivity contribution in [3.05, 3.63) is 59.0 Å². The van der Waals surface area contributed by atoms with E-state index in [1.165, 1.54) is 7.11 Å². The molecule has 1 amide bonds. The first-order valence-corrected chi connectivity index (χ1v) is 11.8. The molecular formula is C20H23N2O3PS. The van der Waals surface area contributed by atoms with Gasteiger partial charge < -0.3 is 15.6 Å². The highest BCUT2D eigenvalue weighted by atomic mass is 32.1. The molecule has 0 radical (unpaired) electrons. The van der Waals surface area contributed by atoms with Crippen LogP contribution in [0.15, 0.2) is 59.0 Å². The minimum Gasteiger partial charge on any atom is -0.397 e. The van der Waals surface area contributed by atoms with E-state index in [-0.39, 0.29) is 5.91 Å². The Balaban J connectivity index is 1.73. The van der Waals surface area contributed by atoms with Gasteiger partial charge in [-0.05, 0) is 42.0 Å². The van der Waals surface area contributed by atoms with Gasteiger partial charge in [-0.2, -0.15) is 0 Å². The standard InChI is InChI=1S/C20H23N2O3PS/c1-25-26(2,24)13-14-5-7-15(8-6-14)20(23)22-18-12-16(9-10-17(18)21)19-4-3-11-27-19/h3-5,7,9-12H,6,8,13,21H2,1-2H3,(H,22,23)/t26-/m0/s1. The second-order valence-electron chi connectivity index (χ2n) is 6.61. The number of carbonyl (C=O) groups is 1. The number of benzene rings is 1. The Hall–Kier alpha value is -2.14. The van der Waals surface area contributed by atoms with Gasteiger partial charge >= 0.3 is 0 Å². The van der Waals surface area contributed by atoms with Crippen molar-refractivity contribution >= 4 is 36.0 Å². The molecule has 0 unspecified atom stereocenters. The second-order valence-corrected chi connectivity index (χ2v) is 10.3. The Morgan fingerprint density at radius 1 is 1.30 bits per heavy atom. The van der Waals surface area contributed by atoms with E-state index >= 15 is 0 Å². The first-order chi connectivity index (χ1) is 12.9. The van der Waals surface area contributed by atoms with E-state index in [2.05, 4.69) is 5.32 Å². The van der Waals surface area contributed by atoms with Crippen molar-refractivity contribution in [2.24, 2.45) is 0 Å². The molecule has 3 N–H and O–H groups in total. The number of rotatable bonds is 6. The molecule has 142 valence electrons. The lowest BCUT2D eigenvalue weighted by molar-refractivity contribution is -0.113. The Morgan fingerprint density at radius 2 is 2.11 bits per heavy atom. The summed E-state index contributed by atoms with van der Waals surface area (Å²) in [6.07, 6.45) is 5.39. The van der Waals surface area contributed by atoms with Crippen LogP contribution in [0.3, 0.4) is 0 Å². The van der Waals surface area contributed by atoms with Gasteiger partial charge in [0.25, 0.3) is 5.91 Å². The molecule has 1 aromatic carbocycles. The summed E-state index contributed by atoms with van der Waals surface area (Å²) in [5, 5.41) is 4.93. The van der Waals surface area contributed by atoms with Crippen molar-refractivity contribution in [1.29, 1.82) is 0 Å². The summed E-state index contributed by atoms with van der Waals surface area (Å²) in [5.41, 5.74) is 9.93. The highest BCUT2D eigenvalue weighted by Gasteiger charge is 2.20. The third kappa shape index (κ3) is 4.98. The van der Waals surface area contributed by atoms with E-state index in [1.807, 2.05) is 41.8 Å². The van der Waals surface area contributed by atoms with Gasteiger partial charge in [0, 0.05) is 30.4 Å². The Morgan fingerprint density at radius 3 is 2.74 bits per heavy atom. The maximum Gasteiger partial charge on any atom is 0.251 e. The molecule has 0 aliphatic heterocycles. The molecule has 0 saturated heterocycles. The molecular weight excluding hydrogens is 379 g/mol. The molecule has 2 aromatic rings. The lowest BCUT2D eigenvalue weighted by Gasteiger charge is -2.18. The molecule has 7 heteroatoms. The average molecular weight is 402 g/mol. The highest BCUT2D eigenvalue weighted by Crippen LogP contribution is 2.44. The van der Waals surface area contributed by atoms with E-state index in [4.69, 9.17) is 10.3 Å². The number of allylic oxidation sites excluding steroid dienone is 3. The van der Waals surface area contributed by atoms with Crippen LogP contribution >= 0.6 is 18.7 Å². The lowest BCUT2D eigenvalue weighted by Crippen LogP contribution is -2.17. The highest BCUT2D eigenvalue weighted by molar-refractivity contribution is 7.58. The largest absolute Gasteiger partial charge is 0.397 e. The summed E-state index contributed by atoms with van der Waals surface area (Å²) in [4.78, 5) is 13.7. The van der Waals surface area contributed by atoms with Crippen molar-refractivity contribution < 1.29 is 13.9 Å². The number of nitrogens with one attached hydrogen (secondary N) is 1. The number of carbonyl (C=O) groups excluding carboxylic acids is 1. The predicted molar refractivity (Wildman–Crippen MR) is 114 cm³/mol. The normalized spacial score (nSPS) is 16.2. The Labute approximate surface area is 163 Å². The molecule has 0 spiro atoms. The van der Waals surface area contributed by atoms with Gasteiger partial charge in [-0.3, -0.25) is 9.36 Å². The number of amides is 1. The predicted octanol–water partition coefficient (Wildman–Crippen LogP) is 5.14. The molecule has 0 bridgehead atoms. The number of anilines is 2. The smallest absolute Gasteiger partial charge is 0.251 e. The van der Waals surface area contributed by atoms with Crippen molar-refractivity contribution in [1.82, 2.24) is 0 Å².